The molecule has 0 saturated carbocycles. The molecule has 0 unspecified atom stereocenters. The van der Waals surface area contributed by atoms with Gasteiger partial charge < -0.3 is 5.11 Å². The lowest BCUT2D eigenvalue weighted by Crippen LogP contribution is -2.20. The maximum absolute atomic E-state index is 14.3. The van der Waals surface area contributed by atoms with Crippen molar-refractivity contribution in [1.82, 2.24) is 4.90 Å². The maximum Gasteiger partial charge on any atom is 0.131 e. The number of fused-ring (bicyclic) bond motifs is 1. The van der Waals surface area contributed by atoms with Crippen LogP contribution in [-0.2, 0) is 13.1 Å². The number of β-amino-alcohol motifs (C(OH)–C–C–N with tert-alkyl or cyclic N) is 1. The van der Waals surface area contributed by atoms with Crippen LogP contribution < -0.4 is 0 Å². The topological polar surface area (TPSA) is 23.5 Å². The Morgan fingerprint density at radius 2 is 1.62 bits per heavy atom. The third-order valence-corrected chi connectivity index (χ3v) is 5.22. The lowest BCUT2D eigenvalue weighted by atomic mass is 9.91. The Kier molecular flexibility index (Phi) is 4.58. The minimum absolute atomic E-state index is 0.185. The first kappa shape index (κ1) is 17.0. The van der Waals surface area contributed by atoms with Crippen LogP contribution in [0.4, 0.5) is 4.39 Å². The largest absolute Gasteiger partial charge is 0.395 e. The molecule has 0 aliphatic carbocycles. The molecule has 26 heavy (non-hydrogen) atoms. The number of rotatable bonds is 4. The van der Waals surface area contributed by atoms with Crippen LogP contribution in [0.15, 0.2) is 60.7 Å². The molecule has 0 bridgehead atoms. The number of benzene rings is 3. The number of hydrogen-bond acceptors (Lipinski definition) is 2. The molecule has 3 aromatic rings. The normalized spacial score (nSPS) is 13.8. The zero-order valence-electron chi connectivity index (χ0n) is 14.9. The third kappa shape index (κ3) is 3.05. The molecule has 0 atom stereocenters. The summed E-state index contributed by atoms with van der Waals surface area (Å²) in [6.07, 6.45) is 0. The fourth-order valence-electron chi connectivity index (χ4n) is 3.85. The van der Waals surface area contributed by atoms with Crippen LogP contribution in [0.1, 0.15) is 16.7 Å². The molecule has 1 heterocycles. The van der Waals surface area contributed by atoms with Crippen molar-refractivity contribution in [3.05, 3.63) is 83.2 Å². The van der Waals surface area contributed by atoms with Gasteiger partial charge in [0.2, 0.25) is 0 Å². The molecule has 1 aliphatic heterocycles. The van der Waals surface area contributed by atoms with E-state index >= 15 is 0 Å². The lowest BCUT2D eigenvalue weighted by molar-refractivity contribution is 0.198. The second kappa shape index (κ2) is 7.02. The highest BCUT2D eigenvalue weighted by Gasteiger charge is 2.19. The van der Waals surface area contributed by atoms with Gasteiger partial charge in [-0.2, -0.15) is 0 Å². The van der Waals surface area contributed by atoms with Gasteiger partial charge in [0.15, 0.2) is 0 Å². The summed E-state index contributed by atoms with van der Waals surface area (Å²) in [5.41, 5.74) is 7.59. The van der Waals surface area contributed by atoms with Crippen LogP contribution in [-0.4, -0.2) is 23.2 Å². The predicted octanol–water partition coefficient (Wildman–Crippen LogP) is 4.78. The van der Waals surface area contributed by atoms with E-state index in [9.17, 15) is 4.39 Å². The molecule has 1 aliphatic rings. The van der Waals surface area contributed by atoms with E-state index in [1.165, 1.54) is 17.2 Å². The number of nitrogens with zero attached hydrogens (tertiary/aromatic N) is 1. The number of aliphatic hydroxyl groups excluding tert-OH is 1. The van der Waals surface area contributed by atoms with E-state index in [1.807, 2.05) is 24.3 Å². The molecule has 0 spiro atoms. The van der Waals surface area contributed by atoms with Gasteiger partial charge in [-0.3, -0.25) is 4.90 Å². The van der Waals surface area contributed by atoms with Gasteiger partial charge in [0.25, 0.3) is 0 Å². The van der Waals surface area contributed by atoms with Gasteiger partial charge in [-0.1, -0.05) is 48.5 Å². The zero-order chi connectivity index (χ0) is 18.1. The number of hydrogen-bond donors (Lipinski definition) is 1. The van der Waals surface area contributed by atoms with Gasteiger partial charge in [0.05, 0.1) is 6.61 Å². The van der Waals surface area contributed by atoms with E-state index in [0.717, 1.165) is 35.3 Å². The van der Waals surface area contributed by atoms with Crippen molar-refractivity contribution in [2.75, 3.05) is 13.2 Å². The first-order chi connectivity index (χ1) is 12.7. The van der Waals surface area contributed by atoms with Gasteiger partial charge in [-0.05, 0) is 52.4 Å². The highest BCUT2D eigenvalue weighted by Crippen LogP contribution is 2.35. The van der Waals surface area contributed by atoms with Crippen molar-refractivity contribution in [2.45, 2.75) is 20.0 Å². The average Bonchev–Trinajstić information content (AvgIpc) is 3.04. The van der Waals surface area contributed by atoms with Gasteiger partial charge in [-0.25, -0.2) is 4.39 Å². The summed E-state index contributed by atoms with van der Waals surface area (Å²) in [4.78, 5) is 2.25. The third-order valence-electron chi connectivity index (χ3n) is 5.22. The van der Waals surface area contributed by atoms with E-state index in [-0.39, 0.29) is 12.4 Å². The molecule has 1 N–H and O–H groups in total. The first-order valence-electron chi connectivity index (χ1n) is 8.97. The van der Waals surface area contributed by atoms with Crippen molar-refractivity contribution >= 4 is 0 Å². The summed E-state index contributed by atoms with van der Waals surface area (Å²) >= 11 is 0. The molecule has 3 aromatic carbocycles. The van der Waals surface area contributed by atoms with Crippen molar-refractivity contribution < 1.29 is 9.50 Å². The van der Waals surface area contributed by atoms with Crippen molar-refractivity contribution in [1.29, 1.82) is 0 Å². The van der Waals surface area contributed by atoms with Gasteiger partial charge in [0, 0.05) is 25.2 Å². The zero-order valence-corrected chi connectivity index (χ0v) is 14.9. The second-order valence-corrected chi connectivity index (χ2v) is 6.88. The summed E-state index contributed by atoms with van der Waals surface area (Å²) in [6, 6.07) is 19.6. The van der Waals surface area contributed by atoms with Crippen LogP contribution >= 0.6 is 0 Å². The van der Waals surface area contributed by atoms with E-state index in [0.29, 0.717) is 12.1 Å². The monoisotopic (exact) mass is 347 g/mol. The Bertz CT molecular complexity index is 951. The Balaban J connectivity index is 1.73. The van der Waals surface area contributed by atoms with Crippen molar-refractivity contribution in [2.24, 2.45) is 0 Å². The SMILES string of the molecule is Cc1c(-c2ccc3c(c2)CN(CCO)C3)cccc1-c1ccccc1F. The van der Waals surface area contributed by atoms with Gasteiger partial charge >= 0.3 is 0 Å². The van der Waals surface area contributed by atoms with Crippen molar-refractivity contribution in [3.8, 4) is 22.3 Å². The van der Waals surface area contributed by atoms with E-state index in [4.69, 9.17) is 5.11 Å². The minimum Gasteiger partial charge on any atom is -0.395 e. The van der Waals surface area contributed by atoms with Crippen molar-refractivity contribution in [3.63, 3.8) is 0 Å². The Labute approximate surface area is 153 Å². The average molecular weight is 347 g/mol. The molecule has 0 aromatic heterocycles. The summed E-state index contributed by atoms with van der Waals surface area (Å²) in [5, 5.41) is 9.16. The van der Waals surface area contributed by atoms with Crippen LogP contribution in [0.25, 0.3) is 22.3 Å². The summed E-state index contributed by atoms with van der Waals surface area (Å²) in [6.45, 7) is 4.71. The molecule has 0 radical (unpaired) electrons. The molecule has 4 rings (SSSR count). The molecule has 0 amide bonds. The van der Waals surface area contributed by atoms with E-state index in [1.54, 1.807) is 6.07 Å². The Morgan fingerprint density at radius 1 is 0.885 bits per heavy atom. The molecule has 3 heteroatoms. The molecule has 0 saturated heterocycles. The predicted molar refractivity (Wildman–Crippen MR) is 103 cm³/mol. The van der Waals surface area contributed by atoms with Gasteiger partial charge in [0.1, 0.15) is 5.82 Å². The number of aliphatic hydroxyl groups is 1. The standard InChI is InChI=1S/C23H22FNO/c1-16-20(6-4-7-21(16)22-5-2-3-8-23(22)24)17-9-10-18-14-25(11-12-26)15-19(18)13-17/h2-10,13,26H,11-12,14-15H2,1H3. The fourth-order valence-corrected chi connectivity index (χ4v) is 3.85. The highest BCUT2D eigenvalue weighted by atomic mass is 19.1. The van der Waals surface area contributed by atoms with Crippen LogP contribution in [0.3, 0.4) is 0 Å². The maximum atomic E-state index is 14.3. The van der Waals surface area contributed by atoms with Crippen LogP contribution in [0, 0.1) is 12.7 Å². The summed E-state index contributed by atoms with van der Waals surface area (Å²) in [5.74, 6) is -0.193. The quantitative estimate of drug-likeness (QED) is 0.734. The van der Waals surface area contributed by atoms with Crippen LogP contribution in [0.2, 0.25) is 0 Å². The van der Waals surface area contributed by atoms with E-state index in [2.05, 4.69) is 36.1 Å². The summed E-state index contributed by atoms with van der Waals surface area (Å²) in [7, 11) is 0. The molecular formula is C23H22FNO. The minimum atomic E-state index is -0.193. The van der Waals surface area contributed by atoms with Crippen LogP contribution in [0.5, 0.6) is 0 Å². The molecule has 0 fully saturated rings. The lowest BCUT2D eigenvalue weighted by Gasteiger charge is -2.13. The molecule has 132 valence electrons. The molecular weight excluding hydrogens is 325 g/mol. The van der Waals surface area contributed by atoms with Gasteiger partial charge in [-0.15, -0.1) is 0 Å². The first-order valence-corrected chi connectivity index (χ1v) is 8.97. The number of halogens is 1. The Hall–Kier alpha value is -2.49. The van der Waals surface area contributed by atoms with E-state index < -0.39 is 0 Å². The second-order valence-electron chi connectivity index (χ2n) is 6.88. The fraction of sp³-hybridized carbons (Fsp3) is 0.217. The smallest absolute Gasteiger partial charge is 0.131 e. The molecule has 2 nitrogen and oxygen atoms in total. The Morgan fingerprint density at radius 3 is 2.42 bits per heavy atom. The highest BCUT2D eigenvalue weighted by molar-refractivity contribution is 5.78. The summed E-state index contributed by atoms with van der Waals surface area (Å²) < 4.78 is 14.3.